The van der Waals surface area contributed by atoms with Crippen LogP contribution in [0.5, 0.6) is 0 Å². The molecule has 3 amide bonds. The summed E-state index contributed by atoms with van der Waals surface area (Å²) >= 11 is 1.54. The van der Waals surface area contributed by atoms with Crippen LogP contribution in [0.15, 0.2) is 48.5 Å². The summed E-state index contributed by atoms with van der Waals surface area (Å²) in [5.41, 5.74) is 1.68. The molecule has 0 saturated heterocycles. The molecule has 7 heteroatoms. The first-order valence-corrected chi connectivity index (χ1v) is 10.2. The van der Waals surface area contributed by atoms with E-state index in [1.807, 2.05) is 6.26 Å². The van der Waals surface area contributed by atoms with Gasteiger partial charge in [-0.05, 0) is 61.8 Å². The van der Waals surface area contributed by atoms with Gasteiger partial charge in [-0.2, -0.15) is 11.8 Å². The molecule has 1 aliphatic rings. The summed E-state index contributed by atoms with van der Waals surface area (Å²) in [5.74, 6) is -0.780. The summed E-state index contributed by atoms with van der Waals surface area (Å²) in [6.45, 7) is 1.47. The van der Waals surface area contributed by atoms with Gasteiger partial charge in [-0.1, -0.05) is 12.1 Å². The van der Waals surface area contributed by atoms with Crippen LogP contribution < -0.4 is 5.32 Å². The van der Waals surface area contributed by atoms with Crippen LogP contribution in [0.4, 0.5) is 5.69 Å². The van der Waals surface area contributed by atoms with Gasteiger partial charge >= 0.3 is 0 Å². The molecule has 0 fully saturated rings. The number of hydrogen-bond acceptors (Lipinski definition) is 5. The van der Waals surface area contributed by atoms with Gasteiger partial charge in [0.1, 0.15) is 6.04 Å². The Morgan fingerprint density at radius 2 is 1.57 bits per heavy atom. The van der Waals surface area contributed by atoms with E-state index in [0.29, 0.717) is 34.6 Å². The summed E-state index contributed by atoms with van der Waals surface area (Å²) in [5, 5.41) is 2.76. The number of ketones is 1. The van der Waals surface area contributed by atoms with Gasteiger partial charge in [-0.25, -0.2) is 0 Å². The van der Waals surface area contributed by atoms with Crippen LogP contribution in [0.1, 0.15) is 44.4 Å². The van der Waals surface area contributed by atoms with Crippen molar-refractivity contribution in [3.8, 4) is 0 Å². The highest BCUT2D eigenvalue weighted by molar-refractivity contribution is 7.98. The molecule has 0 saturated carbocycles. The third kappa shape index (κ3) is 3.84. The maximum atomic E-state index is 12.9. The van der Waals surface area contributed by atoms with Crippen molar-refractivity contribution in [2.75, 3.05) is 17.3 Å². The lowest BCUT2D eigenvalue weighted by molar-refractivity contribution is -0.120. The summed E-state index contributed by atoms with van der Waals surface area (Å²) in [6.07, 6.45) is 2.25. The number of nitrogens with one attached hydrogen (secondary N) is 1. The number of amides is 3. The minimum Gasteiger partial charge on any atom is -0.324 e. The molecule has 0 aliphatic carbocycles. The Morgan fingerprint density at radius 1 is 1.00 bits per heavy atom. The van der Waals surface area contributed by atoms with E-state index in [2.05, 4.69) is 5.32 Å². The first kappa shape index (κ1) is 19.8. The molecular weight excluding hydrogens is 376 g/mol. The first-order chi connectivity index (χ1) is 13.4. The minimum atomic E-state index is -0.910. The van der Waals surface area contributed by atoms with Gasteiger partial charge in [-0.15, -0.1) is 0 Å². The molecule has 0 bridgehead atoms. The van der Waals surface area contributed by atoms with Crippen LogP contribution in [0, 0.1) is 0 Å². The average Bonchev–Trinajstić information content (AvgIpc) is 2.94. The van der Waals surface area contributed by atoms with Crippen molar-refractivity contribution in [3.05, 3.63) is 65.2 Å². The molecule has 0 aromatic heterocycles. The average molecular weight is 396 g/mol. The van der Waals surface area contributed by atoms with Crippen LogP contribution in [-0.4, -0.2) is 46.5 Å². The second kappa shape index (κ2) is 8.39. The topological polar surface area (TPSA) is 83.6 Å². The molecule has 1 atom stereocenters. The Hall–Kier alpha value is -2.93. The van der Waals surface area contributed by atoms with Crippen molar-refractivity contribution in [2.24, 2.45) is 0 Å². The number of imide groups is 1. The molecule has 3 rings (SSSR count). The van der Waals surface area contributed by atoms with E-state index in [-0.39, 0.29) is 5.78 Å². The van der Waals surface area contributed by atoms with Gasteiger partial charge in [0.2, 0.25) is 5.91 Å². The molecule has 1 unspecified atom stereocenters. The lowest BCUT2D eigenvalue weighted by Gasteiger charge is -2.25. The minimum absolute atomic E-state index is 0.0678. The number of rotatable bonds is 7. The highest BCUT2D eigenvalue weighted by Crippen LogP contribution is 2.26. The zero-order valence-electron chi connectivity index (χ0n) is 15.6. The zero-order valence-corrected chi connectivity index (χ0v) is 16.4. The highest BCUT2D eigenvalue weighted by Gasteiger charge is 2.42. The van der Waals surface area contributed by atoms with E-state index in [9.17, 15) is 19.2 Å². The van der Waals surface area contributed by atoms with Crippen LogP contribution in [-0.2, 0) is 4.79 Å². The largest absolute Gasteiger partial charge is 0.324 e. The first-order valence-electron chi connectivity index (χ1n) is 8.81. The maximum Gasteiger partial charge on any atom is 0.262 e. The van der Waals surface area contributed by atoms with Crippen molar-refractivity contribution in [1.29, 1.82) is 0 Å². The number of carbonyl (C=O) groups excluding carboxylic acids is 4. The molecule has 6 nitrogen and oxygen atoms in total. The van der Waals surface area contributed by atoms with Crippen LogP contribution >= 0.6 is 11.8 Å². The van der Waals surface area contributed by atoms with Crippen LogP contribution in [0.3, 0.4) is 0 Å². The van der Waals surface area contributed by atoms with Gasteiger partial charge in [0.05, 0.1) is 11.1 Å². The number of carbonyl (C=O) groups is 4. The van der Waals surface area contributed by atoms with Gasteiger partial charge in [0, 0.05) is 11.3 Å². The summed E-state index contributed by atoms with van der Waals surface area (Å²) in [6, 6.07) is 12.2. The second-order valence-corrected chi connectivity index (χ2v) is 7.43. The Morgan fingerprint density at radius 3 is 2.07 bits per heavy atom. The van der Waals surface area contributed by atoms with Crippen LogP contribution in [0.25, 0.3) is 0 Å². The predicted molar refractivity (Wildman–Crippen MR) is 109 cm³/mol. The Kier molecular flexibility index (Phi) is 5.94. The molecule has 2 aromatic carbocycles. The summed E-state index contributed by atoms with van der Waals surface area (Å²) in [4.78, 5) is 50.9. The zero-order chi connectivity index (χ0) is 20.3. The van der Waals surface area contributed by atoms with Crippen molar-refractivity contribution in [3.63, 3.8) is 0 Å². The Balaban J connectivity index is 1.84. The fraction of sp³-hybridized carbons (Fsp3) is 0.238. The van der Waals surface area contributed by atoms with E-state index < -0.39 is 23.8 Å². The third-order valence-electron chi connectivity index (χ3n) is 4.59. The number of hydrogen-bond donors (Lipinski definition) is 1. The molecule has 1 N–H and O–H groups in total. The Bertz CT molecular complexity index is 905. The maximum absolute atomic E-state index is 12.9. The Labute approximate surface area is 167 Å². The van der Waals surface area contributed by atoms with E-state index in [4.69, 9.17) is 0 Å². The highest BCUT2D eigenvalue weighted by atomic mass is 32.2. The van der Waals surface area contributed by atoms with E-state index in [1.54, 1.807) is 48.5 Å². The lowest BCUT2D eigenvalue weighted by atomic mass is 10.1. The molecular formula is C21H20N2O4S. The standard InChI is InChI=1S/C21H20N2O4S/c1-13(24)14-7-9-15(10-8-14)22-19(25)18(11-12-28-2)23-20(26)16-5-3-4-6-17(16)21(23)27/h3-10,18H,11-12H2,1-2H3,(H,22,25). The quantitative estimate of drug-likeness (QED) is 0.574. The number of anilines is 1. The number of Topliss-reactive ketones (excluding diaryl/α,β-unsaturated/α-hetero) is 1. The van der Waals surface area contributed by atoms with Crippen molar-refractivity contribution in [2.45, 2.75) is 19.4 Å². The van der Waals surface area contributed by atoms with E-state index in [0.717, 1.165) is 4.90 Å². The molecule has 144 valence electrons. The smallest absolute Gasteiger partial charge is 0.262 e. The molecule has 28 heavy (non-hydrogen) atoms. The number of benzene rings is 2. The SMILES string of the molecule is CSCCC(C(=O)Nc1ccc(C(C)=O)cc1)N1C(=O)c2ccccc2C1=O. The monoisotopic (exact) mass is 396 g/mol. The molecule has 1 aliphatic heterocycles. The third-order valence-corrected chi connectivity index (χ3v) is 5.24. The van der Waals surface area contributed by atoms with Crippen LogP contribution in [0.2, 0.25) is 0 Å². The fourth-order valence-corrected chi connectivity index (χ4v) is 3.57. The van der Waals surface area contributed by atoms with Gasteiger partial charge in [0.25, 0.3) is 11.8 Å². The van der Waals surface area contributed by atoms with Crippen molar-refractivity contribution < 1.29 is 19.2 Å². The predicted octanol–water partition coefficient (Wildman–Crippen LogP) is 3.25. The van der Waals surface area contributed by atoms with Gasteiger partial charge in [-0.3, -0.25) is 24.1 Å². The molecule has 1 heterocycles. The normalized spacial score (nSPS) is 14.0. The second-order valence-electron chi connectivity index (χ2n) is 6.45. The van der Waals surface area contributed by atoms with Crippen molar-refractivity contribution in [1.82, 2.24) is 4.90 Å². The molecule has 2 aromatic rings. The van der Waals surface area contributed by atoms with E-state index >= 15 is 0 Å². The number of nitrogens with zero attached hydrogens (tertiary/aromatic N) is 1. The summed E-state index contributed by atoms with van der Waals surface area (Å²) < 4.78 is 0. The molecule has 0 spiro atoms. The van der Waals surface area contributed by atoms with Gasteiger partial charge < -0.3 is 5.32 Å². The lowest BCUT2D eigenvalue weighted by Crippen LogP contribution is -2.47. The fourth-order valence-electron chi connectivity index (χ4n) is 3.11. The van der Waals surface area contributed by atoms with E-state index in [1.165, 1.54) is 18.7 Å². The van der Waals surface area contributed by atoms with Crippen molar-refractivity contribution >= 4 is 41.0 Å². The molecule has 0 radical (unpaired) electrons. The summed E-state index contributed by atoms with van der Waals surface area (Å²) in [7, 11) is 0. The number of thioether (sulfide) groups is 1. The number of fused-ring (bicyclic) bond motifs is 1. The van der Waals surface area contributed by atoms with Gasteiger partial charge in [0.15, 0.2) is 5.78 Å².